The number of nitrogens with two attached hydrogens (primary N) is 1. The summed E-state index contributed by atoms with van der Waals surface area (Å²) in [7, 11) is 0. The van der Waals surface area contributed by atoms with Crippen LogP contribution < -0.4 is 11.1 Å². The van der Waals surface area contributed by atoms with Gasteiger partial charge in [-0.25, -0.2) is 14.8 Å². The second-order valence-electron chi connectivity index (χ2n) is 4.03. The van der Waals surface area contributed by atoms with E-state index in [1.165, 1.54) is 18.5 Å². The predicted octanol–water partition coefficient (Wildman–Crippen LogP) is 0.614. The lowest BCUT2D eigenvalue weighted by Gasteiger charge is -2.12. The van der Waals surface area contributed by atoms with Crippen molar-refractivity contribution in [2.24, 2.45) is 5.73 Å². The summed E-state index contributed by atoms with van der Waals surface area (Å²) in [5, 5.41) is 12.4. The Morgan fingerprint density at radius 2 is 2.11 bits per heavy atom. The van der Waals surface area contributed by atoms with E-state index in [0.29, 0.717) is 16.7 Å². The van der Waals surface area contributed by atoms with Gasteiger partial charge in [-0.05, 0) is 25.1 Å². The number of nitrogens with one attached hydrogen (secondary N) is 1. The number of aromatic nitrogens is 2. The third-order valence-corrected chi connectivity index (χ3v) is 2.66. The lowest BCUT2D eigenvalue weighted by Crippen LogP contribution is -2.32. The van der Waals surface area contributed by atoms with Crippen LogP contribution in [-0.4, -0.2) is 33.0 Å². The SMILES string of the molecule is CC(Nc1ncnc2cc(C(=O)O)ccc12)C(N)=O. The summed E-state index contributed by atoms with van der Waals surface area (Å²) in [5.41, 5.74) is 5.79. The first kappa shape index (κ1) is 12.7. The molecule has 1 heterocycles. The number of fused-ring (bicyclic) bond motifs is 1. The molecule has 0 radical (unpaired) electrons. The highest BCUT2D eigenvalue weighted by Crippen LogP contribution is 2.20. The van der Waals surface area contributed by atoms with Crippen molar-refractivity contribution < 1.29 is 14.7 Å². The molecule has 1 unspecified atom stereocenters. The molecule has 0 aliphatic heterocycles. The summed E-state index contributed by atoms with van der Waals surface area (Å²) >= 11 is 0. The van der Waals surface area contributed by atoms with Gasteiger partial charge in [-0.15, -0.1) is 0 Å². The molecule has 7 nitrogen and oxygen atoms in total. The van der Waals surface area contributed by atoms with Gasteiger partial charge in [0, 0.05) is 5.39 Å². The van der Waals surface area contributed by atoms with Crippen molar-refractivity contribution >= 4 is 28.6 Å². The maximum atomic E-state index is 11.0. The molecule has 0 saturated heterocycles. The fourth-order valence-corrected chi connectivity index (χ4v) is 1.58. The first-order valence-electron chi connectivity index (χ1n) is 5.53. The second kappa shape index (κ2) is 4.89. The van der Waals surface area contributed by atoms with Crippen LogP contribution in [-0.2, 0) is 4.79 Å². The Bertz CT molecular complexity index is 656. The number of carboxylic acids is 1. The highest BCUT2D eigenvalue weighted by molar-refractivity contribution is 5.97. The molecule has 1 amide bonds. The van der Waals surface area contributed by atoms with E-state index in [0.717, 1.165) is 0 Å². The minimum Gasteiger partial charge on any atom is -0.478 e. The number of hydrogen-bond acceptors (Lipinski definition) is 5. The molecular formula is C12H12N4O3. The van der Waals surface area contributed by atoms with Crippen molar-refractivity contribution in [3.63, 3.8) is 0 Å². The van der Waals surface area contributed by atoms with Crippen LogP contribution in [0.5, 0.6) is 0 Å². The molecule has 7 heteroatoms. The molecule has 2 aromatic rings. The summed E-state index contributed by atoms with van der Waals surface area (Å²) in [6.07, 6.45) is 1.30. The molecule has 1 aromatic heterocycles. The number of hydrogen-bond donors (Lipinski definition) is 3. The van der Waals surface area contributed by atoms with Gasteiger partial charge >= 0.3 is 5.97 Å². The van der Waals surface area contributed by atoms with E-state index in [2.05, 4.69) is 15.3 Å². The fraction of sp³-hybridized carbons (Fsp3) is 0.167. The lowest BCUT2D eigenvalue weighted by atomic mass is 10.1. The normalized spacial score (nSPS) is 12.1. The topological polar surface area (TPSA) is 118 Å². The van der Waals surface area contributed by atoms with Gasteiger partial charge in [0.1, 0.15) is 18.2 Å². The van der Waals surface area contributed by atoms with E-state index in [1.54, 1.807) is 13.0 Å². The second-order valence-corrected chi connectivity index (χ2v) is 4.03. The number of carbonyl (C=O) groups is 2. The average Bonchev–Trinajstić information content (AvgIpc) is 2.38. The van der Waals surface area contributed by atoms with Crippen LogP contribution in [0.2, 0.25) is 0 Å². The number of anilines is 1. The standard InChI is InChI=1S/C12H12N4O3/c1-6(10(13)17)16-11-8-3-2-7(12(18)19)4-9(8)14-5-15-11/h2-6H,1H3,(H2,13,17)(H,18,19)(H,14,15,16). The van der Waals surface area contributed by atoms with E-state index in [9.17, 15) is 9.59 Å². The minimum absolute atomic E-state index is 0.139. The highest BCUT2D eigenvalue weighted by atomic mass is 16.4. The largest absolute Gasteiger partial charge is 0.478 e. The van der Waals surface area contributed by atoms with Crippen LogP contribution in [0.3, 0.4) is 0 Å². The molecule has 0 spiro atoms. The van der Waals surface area contributed by atoms with Crippen LogP contribution in [0.15, 0.2) is 24.5 Å². The van der Waals surface area contributed by atoms with E-state index >= 15 is 0 Å². The first-order valence-corrected chi connectivity index (χ1v) is 5.53. The molecule has 2 rings (SSSR count). The third-order valence-electron chi connectivity index (χ3n) is 2.66. The molecule has 0 fully saturated rings. The van der Waals surface area contributed by atoms with Gasteiger partial charge in [0.2, 0.25) is 5.91 Å². The number of carboxylic acid groups (broad SMARTS) is 1. The Labute approximate surface area is 108 Å². The van der Waals surface area contributed by atoms with Gasteiger partial charge in [-0.2, -0.15) is 0 Å². The number of carbonyl (C=O) groups excluding carboxylic acids is 1. The van der Waals surface area contributed by atoms with E-state index in [1.807, 2.05) is 0 Å². The Hall–Kier alpha value is -2.70. The van der Waals surface area contributed by atoms with Crippen LogP contribution in [0.4, 0.5) is 5.82 Å². The van der Waals surface area contributed by atoms with E-state index in [-0.39, 0.29) is 5.56 Å². The zero-order chi connectivity index (χ0) is 14.0. The lowest BCUT2D eigenvalue weighted by molar-refractivity contribution is -0.118. The Kier molecular flexibility index (Phi) is 3.28. The zero-order valence-corrected chi connectivity index (χ0v) is 10.1. The predicted molar refractivity (Wildman–Crippen MR) is 68.8 cm³/mol. The van der Waals surface area contributed by atoms with Gasteiger partial charge in [0.05, 0.1) is 11.1 Å². The molecule has 0 aliphatic carbocycles. The minimum atomic E-state index is -1.03. The Morgan fingerprint density at radius 3 is 2.74 bits per heavy atom. The Morgan fingerprint density at radius 1 is 1.37 bits per heavy atom. The van der Waals surface area contributed by atoms with Crippen molar-refractivity contribution in [2.45, 2.75) is 13.0 Å². The number of aromatic carboxylic acids is 1. The summed E-state index contributed by atoms with van der Waals surface area (Å²) < 4.78 is 0. The molecule has 98 valence electrons. The third kappa shape index (κ3) is 2.59. The zero-order valence-electron chi connectivity index (χ0n) is 10.1. The molecule has 0 aliphatic rings. The summed E-state index contributed by atoms with van der Waals surface area (Å²) in [6.45, 7) is 1.61. The average molecular weight is 260 g/mol. The van der Waals surface area contributed by atoms with Crippen molar-refractivity contribution in [1.82, 2.24) is 9.97 Å². The summed E-state index contributed by atoms with van der Waals surface area (Å²) in [4.78, 5) is 29.9. The van der Waals surface area contributed by atoms with Crippen LogP contribution in [0.25, 0.3) is 10.9 Å². The smallest absolute Gasteiger partial charge is 0.335 e. The fourth-order valence-electron chi connectivity index (χ4n) is 1.58. The van der Waals surface area contributed by atoms with E-state index in [4.69, 9.17) is 10.8 Å². The Balaban J connectivity index is 2.46. The quantitative estimate of drug-likeness (QED) is 0.741. The van der Waals surface area contributed by atoms with Gasteiger partial charge in [-0.3, -0.25) is 4.79 Å². The summed E-state index contributed by atoms with van der Waals surface area (Å²) in [5.74, 6) is -1.09. The van der Waals surface area contributed by atoms with E-state index < -0.39 is 17.9 Å². The molecule has 1 aromatic carbocycles. The van der Waals surface area contributed by atoms with Crippen LogP contribution >= 0.6 is 0 Å². The number of primary amides is 1. The first-order chi connectivity index (χ1) is 8.99. The molecule has 1 atom stereocenters. The van der Waals surface area contributed by atoms with Crippen molar-refractivity contribution in [3.8, 4) is 0 Å². The molecular weight excluding hydrogens is 248 g/mol. The van der Waals surface area contributed by atoms with Crippen molar-refractivity contribution in [2.75, 3.05) is 5.32 Å². The van der Waals surface area contributed by atoms with Gasteiger partial charge in [0.25, 0.3) is 0 Å². The van der Waals surface area contributed by atoms with Gasteiger partial charge in [-0.1, -0.05) is 0 Å². The number of nitrogens with zero attached hydrogens (tertiary/aromatic N) is 2. The number of rotatable bonds is 4. The monoisotopic (exact) mass is 260 g/mol. The number of amides is 1. The maximum absolute atomic E-state index is 11.0. The van der Waals surface area contributed by atoms with Gasteiger partial charge in [0.15, 0.2) is 0 Å². The van der Waals surface area contributed by atoms with Crippen molar-refractivity contribution in [3.05, 3.63) is 30.1 Å². The van der Waals surface area contributed by atoms with Gasteiger partial charge < -0.3 is 16.2 Å². The van der Waals surface area contributed by atoms with Crippen LogP contribution in [0, 0.1) is 0 Å². The molecule has 0 saturated carbocycles. The summed E-state index contributed by atoms with van der Waals surface area (Å²) in [6, 6.07) is 3.90. The highest BCUT2D eigenvalue weighted by Gasteiger charge is 2.12. The van der Waals surface area contributed by atoms with Crippen LogP contribution in [0.1, 0.15) is 17.3 Å². The molecule has 4 N–H and O–H groups in total. The number of benzene rings is 1. The molecule has 19 heavy (non-hydrogen) atoms. The molecule has 0 bridgehead atoms. The maximum Gasteiger partial charge on any atom is 0.335 e. The van der Waals surface area contributed by atoms with Crippen molar-refractivity contribution in [1.29, 1.82) is 0 Å².